The number of unbranched alkanes of at least 4 members (excludes halogenated alkanes) is 29. The first-order valence-electron chi connectivity index (χ1n) is 30.2. The molecule has 2 N–H and O–H groups in total. The van der Waals surface area contributed by atoms with Crippen molar-refractivity contribution in [3.8, 4) is 0 Å². The molecule has 3 atom stereocenters. The molecule has 0 rings (SSSR count). The number of hydrogen-bond acceptors (Lipinski definition) is 10. The highest BCUT2D eigenvalue weighted by Gasteiger charge is 2.28. The molecule has 74 heavy (non-hydrogen) atoms. The fraction of sp³-hybridized carbons (Fsp3) is 0.790. The number of phosphoric acid groups is 1. The Balaban J connectivity index is 4.75. The predicted molar refractivity (Wildman–Crippen MR) is 307 cm³/mol. The van der Waals surface area contributed by atoms with E-state index < -0.39 is 57.8 Å². The van der Waals surface area contributed by atoms with Crippen molar-refractivity contribution in [3.63, 3.8) is 0 Å². The molecule has 0 fully saturated rings. The smallest absolute Gasteiger partial charge is 0.462 e. The summed E-state index contributed by atoms with van der Waals surface area (Å²) in [5.41, 5.74) is 0. The number of phosphoric ester groups is 1. The third-order valence-electron chi connectivity index (χ3n) is 12.9. The van der Waals surface area contributed by atoms with Gasteiger partial charge in [-0.2, -0.15) is 0 Å². The van der Waals surface area contributed by atoms with Crippen molar-refractivity contribution in [3.05, 3.63) is 60.8 Å². The van der Waals surface area contributed by atoms with E-state index in [0.717, 1.165) is 103 Å². The SMILES string of the molecule is CCCCC/C=C\C/C=C\C/C=C\CCCCCCCCC(=O)OC(COC(=O)CCCCCCCCC/C=C\C/C=C\CCCCC)COP(=O)(O)OCC(CO)OC(=O)CCCCCCCCCCCCC. The van der Waals surface area contributed by atoms with E-state index in [4.69, 9.17) is 23.3 Å². The van der Waals surface area contributed by atoms with Gasteiger partial charge in [0.2, 0.25) is 0 Å². The van der Waals surface area contributed by atoms with Crippen molar-refractivity contribution in [1.29, 1.82) is 0 Å². The number of allylic oxidation sites excluding steroid dienone is 10. The Bertz CT molecular complexity index is 1470. The highest BCUT2D eigenvalue weighted by Crippen LogP contribution is 2.43. The Morgan fingerprint density at radius 2 is 0.662 bits per heavy atom. The Morgan fingerprint density at radius 3 is 1.04 bits per heavy atom. The number of rotatable bonds is 56. The van der Waals surface area contributed by atoms with E-state index in [1.165, 1.54) is 116 Å². The number of ether oxygens (including phenoxy) is 3. The van der Waals surface area contributed by atoms with E-state index >= 15 is 0 Å². The summed E-state index contributed by atoms with van der Waals surface area (Å²) >= 11 is 0. The maximum absolute atomic E-state index is 12.9. The van der Waals surface area contributed by atoms with E-state index in [1.54, 1.807) is 0 Å². The Labute approximate surface area is 453 Å². The third-order valence-corrected chi connectivity index (χ3v) is 13.9. The van der Waals surface area contributed by atoms with Gasteiger partial charge in [-0.25, -0.2) is 4.57 Å². The fourth-order valence-electron chi connectivity index (χ4n) is 8.28. The zero-order chi connectivity index (χ0) is 54.1. The van der Waals surface area contributed by atoms with Crippen LogP contribution in [-0.4, -0.2) is 66.5 Å². The van der Waals surface area contributed by atoms with Crippen LogP contribution in [0.2, 0.25) is 0 Å². The summed E-state index contributed by atoms with van der Waals surface area (Å²) in [6.45, 7) is 4.59. The monoisotopic (exact) mass is 1060 g/mol. The first-order valence-corrected chi connectivity index (χ1v) is 31.7. The first kappa shape index (κ1) is 71.2. The number of hydrogen-bond donors (Lipinski definition) is 2. The van der Waals surface area contributed by atoms with Crippen LogP contribution in [0.1, 0.15) is 278 Å². The summed E-state index contributed by atoms with van der Waals surface area (Å²) in [6, 6.07) is 0. The van der Waals surface area contributed by atoms with Crippen molar-refractivity contribution < 1.29 is 52.2 Å². The molecule has 0 radical (unpaired) electrons. The second-order valence-corrected chi connectivity index (χ2v) is 21.6. The molecule has 0 bridgehead atoms. The Hall–Kier alpha value is -2.82. The molecule has 0 aromatic carbocycles. The molecular formula is C62H111O11P. The molecule has 0 spiro atoms. The van der Waals surface area contributed by atoms with E-state index in [9.17, 15) is 28.9 Å². The molecule has 12 heteroatoms. The van der Waals surface area contributed by atoms with Crippen molar-refractivity contribution in [2.75, 3.05) is 26.4 Å². The van der Waals surface area contributed by atoms with Crippen LogP contribution >= 0.6 is 7.82 Å². The number of esters is 3. The zero-order valence-electron chi connectivity index (χ0n) is 47.6. The molecule has 0 aromatic heterocycles. The average Bonchev–Trinajstić information content (AvgIpc) is 3.39. The predicted octanol–water partition coefficient (Wildman–Crippen LogP) is 17.9. The molecule has 0 heterocycles. The maximum Gasteiger partial charge on any atom is 0.472 e. The van der Waals surface area contributed by atoms with Crippen LogP contribution in [0.5, 0.6) is 0 Å². The van der Waals surface area contributed by atoms with Crippen LogP contribution in [0.4, 0.5) is 0 Å². The molecule has 0 saturated carbocycles. The molecule has 0 amide bonds. The maximum atomic E-state index is 12.9. The van der Waals surface area contributed by atoms with Crippen LogP contribution in [0.15, 0.2) is 60.8 Å². The van der Waals surface area contributed by atoms with Crippen LogP contribution in [0, 0.1) is 0 Å². The fourth-order valence-corrected chi connectivity index (χ4v) is 9.06. The Kier molecular flexibility index (Phi) is 54.2. The summed E-state index contributed by atoms with van der Waals surface area (Å²) in [5.74, 6) is -1.48. The van der Waals surface area contributed by atoms with Gasteiger partial charge in [0.15, 0.2) is 6.10 Å². The van der Waals surface area contributed by atoms with Crippen LogP contribution < -0.4 is 0 Å². The topological polar surface area (TPSA) is 155 Å². The van der Waals surface area contributed by atoms with Gasteiger partial charge in [-0.05, 0) is 89.9 Å². The lowest BCUT2D eigenvalue weighted by Gasteiger charge is -2.21. The molecule has 11 nitrogen and oxygen atoms in total. The van der Waals surface area contributed by atoms with Gasteiger partial charge >= 0.3 is 25.7 Å². The molecule has 0 aromatic rings. The quantitative estimate of drug-likeness (QED) is 0.0197. The van der Waals surface area contributed by atoms with E-state index in [2.05, 4.69) is 81.5 Å². The van der Waals surface area contributed by atoms with E-state index in [1.807, 2.05) is 0 Å². The first-order chi connectivity index (χ1) is 36.2. The highest BCUT2D eigenvalue weighted by molar-refractivity contribution is 7.47. The van der Waals surface area contributed by atoms with Gasteiger partial charge < -0.3 is 24.2 Å². The van der Waals surface area contributed by atoms with Gasteiger partial charge in [-0.1, -0.05) is 229 Å². The molecule has 430 valence electrons. The van der Waals surface area contributed by atoms with Crippen LogP contribution in [-0.2, 0) is 42.2 Å². The lowest BCUT2D eigenvalue weighted by molar-refractivity contribution is -0.161. The summed E-state index contributed by atoms with van der Waals surface area (Å²) in [7, 11) is -4.75. The summed E-state index contributed by atoms with van der Waals surface area (Å²) < 4.78 is 39.5. The number of carbonyl (C=O) groups excluding carboxylic acids is 3. The summed E-state index contributed by atoms with van der Waals surface area (Å²) in [4.78, 5) is 48.6. The molecule has 0 aliphatic rings. The molecule has 3 unspecified atom stereocenters. The summed E-state index contributed by atoms with van der Waals surface area (Å²) in [5, 5.41) is 9.80. The number of aliphatic hydroxyl groups excluding tert-OH is 1. The zero-order valence-corrected chi connectivity index (χ0v) is 48.5. The number of carbonyl (C=O) groups is 3. The lowest BCUT2D eigenvalue weighted by Crippen LogP contribution is -2.30. The Morgan fingerprint density at radius 1 is 0.378 bits per heavy atom. The van der Waals surface area contributed by atoms with Crippen molar-refractivity contribution in [1.82, 2.24) is 0 Å². The minimum atomic E-state index is -4.75. The minimum absolute atomic E-state index is 0.152. The third kappa shape index (κ3) is 54.0. The van der Waals surface area contributed by atoms with Gasteiger partial charge in [0.1, 0.15) is 12.7 Å². The van der Waals surface area contributed by atoms with Gasteiger partial charge in [0, 0.05) is 19.3 Å². The standard InChI is InChI=1S/C62H111O11P/c1-4-7-10-13-16-19-22-24-26-28-29-31-33-35-38-41-44-47-50-53-62(66)73-59(55-69-60(64)51-48-45-42-39-37-34-32-30-27-25-23-20-17-14-11-8-5-2)57-71-74(67,68)70-56-58(54-63)72-61(65)52-49-46-43-40-36-21-18-15-12-9-6-3/h16-17,19-20,24-27,29,31,58-59,63H,4-15,18,21-23,28,30,32-57H2,1-3H3,(H,67,68)/b19-16-,20-17-,26-24-,27-25-,31-29-. The summed E-state index contributed by atoms with van der Waals surface area (Å²) in [6.07, 6.45) is 61.7. The lowest BCUT2D eigenvalue weighted by atomic mass is 10.1. The van der Waals surface area contributed by atoms with Crippen LogP contribution in [0.25, 0.3) is 0 Å². The highest BCUT2D eigenvalue weighted by atomic mass is 31.2. The van der Waals surface area contributed by atoms with Crippen molar-refractivity contribution >= 4 is 25.7 Å². The second kappa shape index (κ2) is 56.4. The van der Waals surface area contributed by atoms with E-state index in [0.29, 0.717) is 19.3 Å². The average molecular weight is 1060 g/mol. The normalized spacial score (nSPS) is 13.7. The van der Waals surface area contributed by atoms with Gasteiger partial charge in [-0.15, -0.1) is 0 Å². The van der Waals surface area contributed by atoms with E-state index in [-0.39, 0.29) is 25.9 Å². The van der Waals surface area contributed by atoms with Crippen molar-refractivity contribution in [2.24, 2.45) is 0 Å². The largest absolute Gasteiger partial charge is 0.472 e. The number of aliphatic hydroxyl groups is 1. The molecule has 0 saturated heterocycles. The van der Waals surface area contributed by atoms with Crippen molar-refractivity contribution in [2.45, 2.75) is 290 Å². The van der Waals surface area contributed by atoms with Crippen LogP contribution in [0.3, 0.4) is 0 Å². The molecular weight excluding hydrogens is 952 g/mol. The molecule has 0 aliphatic heterocycles. The second-order valence-electron chi connectivity index (χ2n) is 20.2. The van der Waals surface area contributed by atoms with Gasteiger partial charge in [0.05, 0.1) is 19.8 Å². The minimum Gasteiger partial charge on any atom is -0.462 e. The van der Waals surface area contributed by atoms with Gasteiger partial charge in [0.25, 0.3) is 0 Å². The van der Waals surface area contributed by atoms with Gasteiger partial charge in [-0.3, -0.25) is 23.4 Å². The molecule has 0 aliphatic carbocycles.